The van der Waals surface area contributed by atoms with Crippen LogP contribution in [0.2, 0.25) is 0 Å². The minimum absolute atomic E-state index is 0.0674. The van der Waals surface area contributed by atoms with Gasteiger partial charge in [0.15, 0.2) is 0 Å². The Labute approximate surface area is 119 Å². The number of benzene rings is 1. The molecule has 1 aliphatic rings. The molecule has 2 amide bonds. The van der Waals surface area contributed by atoms with E-state index < -0.39 is 11.9 Å². The summed E-state index contributed by atoms with van der Waals surface area (Å²) < 4.78 is 0. The zero-order valence-electron chi connectivity index (χ0n) is 11.0. The van der Waals surface area contributed by atoms with Gasteiger partial charge in [0.25, 0.3) is 0 Å². The number of hydrogen-bond acceptors (Lipinski definition) is 4. The highest BCUT2D eigenvalue weighted by Gasteiger charge is 2.29. The van der Waals surface area contributed by atoms with Crippen LogP contribution in [0.1, 0.15) is 34.8 Å². The van der Waals surface area contributed by atoms with E-state index in [0.717, 1.165) is 10.9 Å². The quantitative estimate of drug-likeness (QED) is 0.814. The maximum absolute atomic E-state index is 12.0. The van der Waals surface area contributed by atoms with Gasteiger partial charge in [-0.05, 0) is 23.4 Å². The van der Waals surface area contributed by atoms with E-state index >= 15 is 0 Å². The summed E-state index contributed by atoms with van der Waals surface area (Å²) in [6, 6.07) is 6.86. The van der Waals surface area contributed by atoms with Crippen molar-refractivity contribution in [1.29, 1.82) is 0 Å². The van der Waals surface area contributed by atoms with Crippen molar-refractivity contribution in [3.05, 3.63) is 41.7 Å². The fraction of sp³-hybridized carbons (Fsp3) is 0.200. The number of nitrogens with one attached hydrogen (secondary N) is 1. The number of pyridine rings is 1. The number of carbonyl (C=O) groups excluding carboxylic acids is 2. The molecule has 1 aromatic heterocycles. The second-order valence-electron chi connectivity index (χ2n) is 4.95. The van der Waals surface area contributed by atoms with Gasteiger partial charge in [-0.15, -0.1) is 0 Å². The molecule has 1 fully saturated rings. The number of piperidine rings is 1. The number of imide groups is 1. The van der Waals surface area contributed by atoms with Gasteiger partial charge in [0.2, 0.25) is 11.8 Å². The Morgan fingerprint density at radius 1 is 1.33 bits per heavy atom. The number of nitrogens with zero attached hydrogens (tertiary/aromatic N) is 1. The first-order valence-electron chi connectivity index (χ1n) is 6.52. The number of hydrogen-bond donors (Lipinski definition) is 2. The summed E-state index contributed by atoms with van der Waals surface area (Å²) in [7, 11) is 0. The molecular formula is C15H12N2O4. The zero-order chi connectivity index (χ0) is 15.0. The van der Waals surface area contributed by atoms with Crippen LogP contribution >= 0.6 is 0 Å². The molecule has 21 heavy (non-hydrogen) atoms. The van der Waals surface area contributed by atoms with Crippen molar-refractivity contribution in [2.24, 2.45) is 0 Å². The Morgan fingerprint density at radius 2 is 2.14 bits per heavy atom. The highest BCUT2D eigenvalue weighted by Crippen LogP contribution is 2.31. The van der Waals surface area contributed by atoms with Gasteiger partial charge in [0, 0.05) is 18.0 Å². The van der Waals surface area contributed by atoms with E-state index in [1.54, 1.807) is 12.1 Å². The van der Waals surface area contributed by atoms with Crippen molar-refractivity contribution in [3.8, 4) is 0 Å². The number of amides is 2. The Morgan fingerprint density at radius 3 is 2.86 bits per heavy atom. The van der Waals surface area contributed by atoms with Crippen LogP contribution in [0.5, 0.6) is 0 Å². The van der Waals surface area contributed by atoms with Crippen LogP contribution in [0.3, 0.4) is 0 Å². The van der Waals surface area contributed by atoms with Gasteiger partial charge in [-0.2, -0.15) is 0 Å². The summed E-state index contributed by atoms with van der Waals surface area (Å²) in [4.78, 5) is 38.2. The molecule has 2 aromatic rings. The van der Waals surface area contributed by atoms with Gasteiger partial charge in [0.05, 0.1) is 5.92 Å². The number of fused-ring (bicyclic) bond motifs is 1. The molecule has 2 N–H and O–H groups in total. The first-order chi connectivity index (χ1) is 10.1. The lowest BCUT2D eigenvalue weighted by molar-refractivity contribution is -0.134. The molecule has 3 rings (SSSR count). The van der Waals surface area contributed by atoms with Crippen LogP contribution in [-0.2, 0) is 9.59 Å². The normalized spacial score (nSPS) is 18.6. The van der Waals surface area contributed by atoms with Crippen molar-refractivity contribution >= 4 is 28.6 Å². The third kappa shape index (κ3) is 2.35. The van der Waals surface area contributed by atoms with E-state index in [2.05, 4.69) is 10.3 Å². The fourth-order valence-corrected chi connectivity index (χ4v) is 2.61. The topological polar surface area (TPSA) is 96.4 Å². The van der Waals surface area contributed by atoms with E-state index in [1.165, 1.54) is 12.3 Å². The van der Waals surface area contributed by atoms with Crippen molar-refractivity contribution in [3.63, 3.8) is 0 Å². The maximum atomic E-state index is 12.0. The van der Waals surface area contributed by atoms with Crippen molar-refractivity contribution in [1.82, 2.24) is 10.3 Å². The Balaban J connectivity index is 2.13. The van der Waals surface area contributed by atoms with E-state index in [0.29, 0.717) is 11.8 Å². The predicted octanol–water partition coefficient (Wildman–Crippen LogP) is 1.45. The summed E-state index contributed by atoms with van der Waals surface area (Å²) >= 11 is 0. The summed E-state index contributed by atoms with van der Waals surface area (Å²) in [6.07, 6.45) is 2.19. The molecule has 106 valence electrons. The van der Waals surface area contributed by atoms with Gasteiger partial charge in [-0.3, -0.25) is 14.9 Å². The van der Waals surface area contributed by atoms with Crippen LogP contribution in [0.25, 0.3) is 10.8 Å². The Kier molecular flexibility index (Phi) is 3.13. The van der Waals surface area contributed by atoms with E-state index in [9.17, 15) is 14.4 Å². The van der Waals surface area contributed by atoms with Crippen LogP contribution < -0.4 is 5.32 Å². The smallest absolute Gasteiger partial charge is 0.354 e. The molecule has 0 radical (unpaired) electrons. The Hall–Kier alpha value is -2.76. The van der Waals surface area contributed by atoms with Gasteiger partial charge in [-0.1, -0.05) is 18.2 Å². The average Bonchev–Trinajstić information content (AvgIpc) is 2.46. The van der Waals surface area contributed by atoms with E-state index in [4.69, 9.17) is 5.11 Å². The Bertz CT molecular complexity index is 769. The number of carboxylic acid groups (broad SMARTS) is 1. The molecule has 0 saturated carbocycles. The third-order valence-electron chi connectivity index (χ3n) is 3.63. The number of aromatic carboxylic acids is 1. The average molecular weight is 284 g/mol. The zero-order valence-corrected chi connectivity index (χ0v) is 11.0. The first-order valence-corrected chi connectivity index (χ1v) is 6.52. The highest BCUT2D eigenvalue weighted by atomic mass is 16.4. The third-order valence-corrected chi connectivity index (χ3v) is 3.63. The minimum atomic E-state index is -1.12. The molecule has 1 unspecified atom stereocenters. The van der Waals surface area contributed by atoms with Gasteiger partial charge in [-0.25, -0.2) is 9.78 Å². The van der Waals surface area contributed by atoms with Gasteiger partial charge in [0.1, 0.15) is 5.69 Å². The van der Waals surface area contributed by atoms with Crippen LogP contribution in [0, 0.1) is 0 Å². The monoisotopic (exact) mass is 284 g/mol. The first kappa shape index (κ1) is 13.2. The summed E-state index contributed by atoms with van der Waals surface area (Å²) in [5, 5.41) is 12.8. The lowest BCUT2D eigenvalue weighted by Gasteiger charge is -2.22. The van der Waals surface area contributed by atoms with Crippen molar-refractivity contribution in [2.75, 3.05) is 0 Å². The maximum Gasteiger partial charge on any atom is 0.354 e. The molecule has 6 nitrogen and oxygen atoms in total. The van der Waals surface area contributed by atoms with Crippen LogP contribution in [-0.4, -0.2) is 27.9 Å². The van der Waals surface area contributed by atoms with Gasteiger partial charge >= 0.3 is 5.97 Å². The molecule has 1 atom stereocenters. The molecule has 1 aliphatic heterocycles. The van der Waals surface area contributed by atoms with Crippen LogP contribution in [0.15, 0.2) is 30.5 Å². The lowest BCUT2D eigenvalue weighted by atomic mass is 9.87. The molecular weight excluding hydrogens is 272 g/mol. The molecule has 0 aliphatic carbocycles. The number of carbonyl (C=O) groups is 3. The number of carboxylic acids is 1. The number of rotatable bonds is 2. The van der Waals surface area contributed by atoms with E-state index in [-0.39, 0.29) is 23.9 Å². The molecule has 2 heterocycles. The fourth-order valence-electron chi connectivity index (χ4n) is 2.61. The number of aromatic nitrogens is 1. The predicted molar refractivity (Wildman–Crippen MR) is 73.8 cm³/mol. The van der Waals surface area contributed by atoms with Crippen LogP contribution in [0.4, 0.5) is 0 Å². The standard InChI is InChI=1S/C15H12N2O4/c18-13-5-4-10(14(19)17-13)9-3-1-2-8-7-16-12(15(20)21)6-11(8)9/h1-3,6-7,10H,4-5H2,(H,20,21)(H,17,18,19). The molecule has 6 heteroatoms. The van der Waals surface area contributed by atoms with E-state index in [1.807, 2.05) is 6.07 Å². The minimum Gasteiger partial charge on any atom is -0.477 e. The molecule has 0 spiro atoms. The second kappa shape index (κ2) is 4.97. The van der Waals surface area contributed by atoms with Crippen molar-refractivity contribution < 1.29 is 19.5 Å². The lowest BCUT2D eigenvalue weighted by Crippen LogP contribution is -2.39. The van der Waals surface area contributed by atoms with Gasteiger partial charge < -0.3 is 5.11 Å². The molecule has 1 aromatic carbocycles. The molecule has 1 saturated heterocycles. The van der Waals surface area contributed by atoms with Crippen molar-refractivity contribution in [2.45, 2.75) is 18.8 Å². The summed E-state index contributed by atoms with van der Waals surface area (Å²) in [5.74, 6) is -2.18. The SMILES string of the molecule is O=C1CCC(c2cccc3cnc(C(=O)O)cc23)C(=O)N1. The summed E-state index contributed by atoms with van der Waals surface area (Å²) in [5.41, 5.74) is 0.657. The largest absolute Gasteiger partial charge is 0.477 e. The summed E-state index contributed by atoms with van der Waals surface area (Å²) in [6.45, 7) is 0. The molecule has 0 bridgehead atoms. The second-order valence-corrected chi connectivity index (χ2v) is 4.95. The highest BCUT2D eigenvalue weighted by molar-refractivity contribution is 6.03.